The molecule has 1 heterocycles. The van der Waals surface area contributed by atoms with Crippen LogP contribution < -0.4 is 5.32 Å². The Morgan fingerprint density at radius 1 is 1.34 bits per heavy atom. The Morgan fingerprint density at radius 3 is 2.69 bits per heavy atom. The SMILES string of the molecule is C=C(CCC(=O)O)N1C=C2C(C)CCCC2(c2ccc(CCC(C)(C)C)c(Cl)c2)NC1=O. The summed E-state index contributed by atoms with van der Waals surface area (Å²) in [6.45, 7) is 12.8. The number of carboxylic acids is 1. The van der Waals surface area contributed by atoms with E-state index < -0.39 is 11.5 Å². The number of hydrogen-bond acceptors (Lipinski definition) is 2. The fourth-order valence-corrected chi connectivity index (χ4v) is 5.00. The van der Waals surface area contributed by atoms with Crippen molar-refractivity contribution in [2.45, 2.75) is 78.2 Å². The summed E-state index contributed by atoms with van der Waals surface area (Å²) in [5, 5.41) is 13.0. The quantitative estimate of drug-likeness (QED) is 0.482. The summed E-state index contributed by atoms with van der Waals surface area (Å²) in [7, 11) is 0. The number of aliphatic carboxylic acids is 1. The van der Waals surface area contributed by atoms with E-state index in [4.69, 9.17) is 16.7 Å². The number of carbonyl (C=O) groups excluding carboxylic acids is 1. The van der Waals surface area contributed by atoms with Gasteiger partial charge < -0.3 is 10.4 Å². The maximum absolute atomic E-state index is 13.1. The van der Waals surface area contributed by atoms with Crippen LogP contribution in [0.2, 0.25) is 5.02 Å². The number of rotatable bonds is 7. The van der Waals surface area contributed by atoms with E-state index in [1.54, 1.807) is 0 Å². The Labute approximate surface area is 196 Å². The number of nitrogens with zero attached hydrogens (tertiary/aromatic N) is 1. The molecule has 0 bridgehead atoms. The van der Waals surface area contributed by atoms with E-state index in [1.807, 2.05) is 12.3 Å². The zero-order chi connectivity index (χ0) is 23.7. The molecule has 174 valence electrons. The summed E-state index contributed by atoms with van der Waals surface area (Å²) < 4.78 is 0. The number of urea groups is 1. The lowest BCUT2D eigenvalue weighted by Gasteiger charge is -2.48. The number of halogens is 1. The molecule has 32 heavy (non-hydrogen) atoms. The van der Waals surface area contributed by atoms with Crippen LogP contribution in [0, 0.1) is 11.3 Å². The van der Waals surface area contributed by atoms with Crippen LogP contribution in [0.25, 0.3) is 0 Å². The van der Waals surface area contributed by atoms with Crippen molar-refractivity contribution in [1.82, 2.24) is 10.2 Å². The molecule has 2 N–H and O–H groups in total. The zero-order valence-electron chi connectivity index (χ0n) is 19.6. The van der Waals surface area contributed by atoms with Gasteiger partial charge in [-0.25, -0.2) is 4.79 Å². The second kappa shape index (κ2) is 9.30. The summed E-state index contributed by atoms with van der Waals surface area (Å²) in [4.78, 5) is 25.6. The molecular formula is C26H35ClN2O3. The molecule has 0 radical (unpaired) electrons. The monoisotopic (exact) mass is 458 g/mol. The average molecular weight is 459 g/mol. The molecule has 0 saturated heterocycles. The predicted molar refractivity (Wildman–Crippen MR) is 128 cm³/mol. The van der Waals surface area contributed by atoms with Gasteiger partial charge in [-0.2, -0.15) is 0 Å². The molecule has 2 atom stereocenters. The number of hydrogen-bond donors (Lipinski definition) is 2. The van der Waals surface area contributed by atoms with E-state index in [0.717, 1.165) is 53.8 Å². The van der Waals surface area contributed by atoms with Crippen LogP contribution in [0.5, 0.6) is 0 Å². The number of allylic oxidation sites excluding steroid dienone is 1. The Morgan fingerprint density at radius 2 is 2.06 bits per heavy atom. The summed E-state index contributed by atoms with van der Waals surface area (Å²) in [6, 6.07) is 5.94. The summed E-state index contributed by atoms with van der Waals surface area (Å²) >= 11 is 6.72. The molecule has 2 unspecified atom stereocenters. The molecule has 3 rings (SSSR count). The lowest BCUT2D eigenvalue weighted by Crippen LogP contribution is -2.57. The first-order valence-corrected chi connectivity index (χ1v) is 11.8. The number of amides is 2. The zero-order valence-corrected chi connectivity index (χ0v) is 20.4. The third-order valence-electron chi connectivity index (χ3n) is 6.68. The van der Waals surface area contributed by atoms with Crippen molar-refractivity contribution < 1.29 is 14.7 Å². The van der Waals surface area contributed by atoms with E-state index in [1.165, 1.54) is 4.90 Å². The first-order valence-electron chi connectivity index (χ1n) is 11.4. The van der Waals surface area contributed by atoms with Gasteiger partial charge in [0, 0.05) is 16.9 Å². The van der Waals surface area contributed by atoms with Gasteiger partial charge in [-0.05, 0) is 72.6 Å². The predicted octanol–water partition coefficient (Wildman–Crippen LogP) is 6.62. The molecule has 1 saturated carbocycles. The molecule has 2 aliphatic rings. The smallest absolute Gasteiger partial charge is 0.326 e. The van der Waals surface area contributed by atoms with Crippen molar-refractivity contribution in [3.8, 4) is 0 Å². The number of fused-ring (bicyclic) bond motifs is 1. The van der Waals surface area contributed by atoms with E-state index in [2.05, 4.69) is 51.7 Å². The Hall–Kier alpha value is -2.27. The van der Waals surface area contributed by atoms with Crippen molar-refractivity contribution >= 4 is 23.6 Å². The van der Waals surface area contributed by atoms with E-state index >= 15 is 0 Å². The minimum Gasteiger partial charge on any atom is -0.481 e. The maximum atomic E-state index is 13.1. The van der Waals surface area contributed by atoms with Gasteiger partial charge in [0.05, 0.1) is 12.0 Å². The minimum atomic E-state index is -0.905. The second-order valence-corrected chi connectivity index (χ2v) is 10.8. The van der Waals surface area contributed by atoms with Crippen molar-refractivity contribution in [2.24, 2.45) is 11.3 Å². The Kier molecular flexibility index (Phi) is 7.09. The molecule has 0 aromatic heterocycles. The molecule has 1 aliphatic heterocycles. The Balaban J connectivity index is 1.95. The van der Waals surface area contributed by atoms with E-state index in [0.29, 0.717) is 5.70 Å². The van der Waals surface area contributed by atoms with Gasteiger partial charge >= 0.3 is 12.0 Å². The minimum absolute atomic E-state index is 0.0574. The third-order valence-corrected chi connectivity index (χ3v) is 7.03. The lowest BCUT2D eigenvalue weighted by atomic mass is 9.68. The van der Waals surface area contributed by atoms with Crippen LogP contribution in [0.4, 0.5) is 4.79 Å². The molecule has 2 amide bonds. The summed E-state index contributed by atoms with van der Waals surface area (Å²) in [5.74, 6) is -0.628. The topological polar surface area (TPSA) is 69.6 Å². The highest BCUT2D eigenvalue weighted by molar-refractivity contribution is 6.31. The van der Waals surface area contributed by atoms with Crippen molar-refractivity contribution in [2.75, 3.05) is 0 Å². The van der Waals surface area contributed by atoms with Crippen LogP contribution >= 0.6 is 11.6 Å². The highest BCUT2D eigenvalue weighted by atomic mass is 35.5. The fourth-order valence-electron chi connectivity index (χ4n) is 4.72. The molecule has 0 spiro atoms. The van der Waals surface area contributed by atoms with Crippen molar-refractivity contribution in [1.29, 1.82) is 0 Å². The van der Waals surface area contributed by atoms with E-state index in [9.17, 15) is 9.59 Å². The first kappa shape index (κ1) is 24.4. The second-order valence-electron chi connectivity index (χ2n) is 10.4. The van der Waals surface area contributed by atoms with Gasteiger partial charge in [0.15, 0.2) is 0 Å². The number of benzene rings is 1. The van der Waals surface area contributed by atoms with Gasteiger partial charge in [0.25, 0.3) is 0 Å². The van der Waals surface area contributed by atoms with Crippen molar-refractivity contribution in [3.05, 3.63) is 58.4 Å². The number of carbonyl (C=O) groups is 2. The van der Waals surface area contributed by atoms with Crippen LogP contribution in [-0.2, 0) is 16.8 Å². The van der Waals surface area contributed by atoms with E-state index in [-0.39, 0.29) is 30.2 Å². The molecule has 6 heteroatoms. The van der Waals surface area contributed by atoms with Gasteiger partial charge in [-0.3, -0.25) is 9.69 Å². The van der Waals surface area contributed by atoms with Crippen molar-refractivity contribution in [3.63, 3.8) is 0 Å². The number of aryl methyl sites for hydroxylation is 1. The molecule has 1 fully saturated rings. The van der Waals surface area contributed by atoms with Crippen LogP contribution in [0.3, 0.4) is 0 Å². The molecule has 1 aliphatic carbocycles. The largest absolute Gasteiger partial charge is 0.481 e. The van der Waals surface area contributed by atoms with Crippen LogP contribution in [0.1, 0.15) is 77.3 Å². The molecule has 1 aromatic rings. The summed E-state index contributed by atoms with van der Waals surface area (Å²) in [6.07, 6.45) is 6.86. The normalized spacial score (nSPS) is 23.3. The maximum Gasteiger partial charge on any atom is 0.326 e. The molecule has 5 nitrogen and oxygen atoms in total. The Bertz CT molecular complexity index is 947. The number of nitrogens with one attached hydrogen (secondary N) is 1. The average Bonchev–Trinajstić information content (AvgIpc) is 2.70. The van der Waals surface area contributed by atoms with Crippen LogP contribution in [-0.4, -0.2) is 22.0 Å². The van der Waals surface area contributed by atoms with Gasteiger partial charge in [-0.1, -0.05) is 58.0 Å². The standard InChI is InChI=1S/C26H35ClN2O3/c1-17-7-6-13-26(20-10-9-19(22(27)15-20)12-14-25(3,4)5)21(17)16-29(24(32)28-26)18(2)8-11-23(30)31/h9-10,15-17H,2,6-8,11-14H2,1,3-5H3,(H,28,32)(H,30,31). The lowest BCUT2D eigenvalue weighted by molar-refractivity contribution is -0.137. The van der Waals surface area contributed by atoms with Gasteiger partial charge in [0.1, 0.15) is 0 Å². The molecule has 1 aromatic carbocycles. The highest BCUT2D eigenvalue weighted by Crippen LogP contribution is 2.47. The van der Waals surface area contributed by atoms with Crippen LogP contribution in [0.15, 0.2) is 42.2 Å². The third kappa shape index (κ3) is 5.20. The highest BCUT2D eigenvalue weighted by Gasteiger charge is 2.46. The summed E-state index contributed by atoms with van der Waals surface area (Å²) in [5.41, 5.74) is 3.38. The fraction of sp³-hybridized carbons (Fsp3) is 0.538. The first-order chi connectivity index (χ1) is 14.9. The molecular weight excluding hydrogens is 424 g/mol. The van der Waals surface area contributed by atoms with Gasteiger partial charge in [0.2, 0.25) is 0 Å². The number of carboxylic acid groups (broad SMARTS) is 1. The van der Waals surface area contributed by atoms with Gasteiger partial charge in [-0.15, -0.1) is 0 Å².